The molecule has 1 saturated heterocycles. The van der Waals surface area contributed by atoms with Gasteiger partial charge >= 0.3 is 0 Å². The average Bonchev–Trinajstić information content (AvgIpc) is 3.44. The number of H-pyrrole nitrogens is 1. The molecule has 6 heteroatoms. The summed E-state index contributed by atoms with van der Waals surface area (Å²) in [5.41, 5.74) is 6.22. The zero-order chi connectivity index (χ0) is 21.2. The summed E-state index contributed by atoms with van der Waals surface area (Å²) < 4.78 is 13.6. The van der Waals surface area contributed by atoms with Crippen molar-refractivity contribution in [2.75, 3.05) is 18.4 Å². The Labute approximate surface area is 180 Å². The van der Waals surface area contributed by atoms with Crippen molar-refractivity contribution >= 4 is 22.3 Å². The molecule has 3 heterocycles. The predicted octanol–water partition coefficient (Wildman–Crippen LogP) is 5.44. The summed E-state index contributed by atoms with van der Waals surface area (Å²) in [6.07, 6.45) is 5.46. The number of nitrogens with one attached hydrogen (secondary N) is 2. The van der Waals surface area contributed by atoms with Gasteiger partial charge < -0.3 is 5.32 Å². The number of nitrogens with zero attached hydrogens (tertiary/aromatic N) is 3. The second kappa shape index (κ2) is 8.32. The van der Waals surface area contributed by atoms with Crippen molar-refractivity contribution in [2.24, 2.45) is 0 Å². The van der Waals surface area contributed by atoms with Crippen molar-refractivity contribution in [3.05, 3.63) is 84.6 Å². The van der Waals surface area contributed by atoms with E-state index in [9.17, 15) is 4.39 Å². The second-order valence-electron chi connectivity index (χ2n) is 8.01. The Bertz CT molecular complexity index is 1220. The number of benzene rings is 2. The van der Waals surface area contributed by atoms with Crippen LogP contribution in [0.4, 0.5) is 10.1 Å². The molecule has 0 aliphatic carbocycles. The molecule has 156 valence electrons. The molecule has 2 N–H and O–H groups in total. The van der Waals surface area contributed by atoms with E-state index in [-0.39, 0.29) is 5.82 Å². The lowest BCUT2D eigenvalue weighted by Crippen LogP contribution is -2.18. The number of pyridine rings is 1. The van der Waals surface area contributed by atoms with Gasteiger partial charge in [-0.3, -0.25) is 15.0 Å². The minimum absolute atomic E-state index is 0.357. The minimum atomic E-state index is -0.357. The van der Waals surface area contributed by atoms with Gasteiger partial charge in [0.2, 0.25) is 0 Å². The molecule has 0 spiro atoms. The Morgan fingerprint density at radius 3 is 2.61 bits per heavy atom. The van der Waals surface area contributed by atoms with E-state index in [1.807, 2.05) is 18.2 Å². The fraction of sp³-hybridized carbons (Fsp3) is 0.200. The molecule has 31 heavy (non-hydrogen) atoms. The van der Waals surface area contributed by atoms with Crippen LogP contribution >= 0.6 is 0 Å². The molecule has 4 aromatic rings. The fourth-order valence-electron chi connectivity index (χ4n) is 4.12. The lowest BCUT2D eigenvalue weighted by atomic mass is 10.0. The summed E-state index contributed by atoms with van der Waals surface area (Å²) >= 11 is 0. The summed E-state index contributed by atoms with van der Waals surface area (Å²) in [7, 11) is 0. The molecule has 5 nitrogen and oxygen atoms in total. The molecule has 0 unspecified atom stereocenters. The second-order valence-corrected chi connectivity index (χ2v) is 8.01. The van der Waals surface area contributed by atoms with E-state index in [4.69, 9.17) is 0 Å². The number of fused-ring (bicyclic) bond motifs is 1. The average molecular weight is 414 g/mol. The highest BCUT2D eigenvalue weighted by Crippen LogP contribution is 2.28. The molecule has 0 atom stereocenters. The van der Waals surface area contributed by atoms with Crippen LogP contribution in [0.2, 0.25) is 0 Å². The largest absolute Gasteiger partial charge is 0.354 e. The number of hydrogen-bond donors (Lipinski definition) is 2. The van der Waals surface area contributed by atoms with Gasteiger partial charge in [0.1, 0.15) is 11.5 Å². The summed E-state index contributed by atoms with van der Waals surface area (Å²) in [5, 5.41) is 11.8. The standard InChI is InChI=1S/C25H24FN5/c1-17(28-22-7-4-18(5-8-22)16-31-10-2-3-11-31)25-23-13-19(6-9-24(23)29-30-25)20-12-21(26)15-27-14-20/h4-9,12-15,28H,1-3,10-11,16H2,(H,29,30). The quantitative estimate of drug-likeness (QED) is 0.442. The van der Waals surface area contributed by atoms with Crippen LogP contribution in [-0.2, 0) is 6.54 Å². The monoisotopic (exact) mass is 413 g/mol. The Morgan fingerprint density at radius 2 is 1.84 bits per heavy atom. The van der Waals surface area contributed by atoms with Crippen molar-refractivity contribution in [1.29, 1.82) is 0 Å². The molecule has 1 fully saturated rings. The van der Waals surface area contributed by atoms with Crippen molar-refractivity contribution in [3.8, 4) is 11.1 Å². The third kappa shape index (κ3) is 4.20. The minimum Gasteiger partial charge on any atom is -0.354 e. The van der Waals surface area contributed by atoms with Gasteiger partial charge in [-0.25, -0.2) is 4.39 Å². The molecule has 0 saturated carbocycles. The number of likely N-dealkylation sites (tertiary alicyclic amines) is 1. The van der Waals surface area contributed by atoms with Crippen molar-refractivity contribution in [2.45, 2.75) is 19.4 Å². The van der Waals surface area contributed by atoms with Crippen molar-refractivity contribution < 1.29 is 4.39 Å². The van der Waals surface area contributed by atoms with E-state index in [0.717, 1.165) is 40.0 Å². The maximum Gasteiger partial charge on any atom is 0.142 e. The van der Waals surface area contributed by atoms with Gasteiger partial charge in [0.25, 0.3) is 0 Å². The first-order chi connectivity index (χ1) is 15.2. The SMILES string of the molecule is C=C(Nc1ccc(CN2CCCC2)cc1)c1n[nH]c2ccc(-c3cncc(F)c3)cc12. The smallest absolute Gasteiger partial charge is 0.142 e. The number of aromatic nitrogens is 3. The first-order valence-electron chi connectivity index (χ1n) is 10.5. The Morgan fingerprint density at radius 1 is 1.03 bits per heavy atom. The van der Waals surface area contributed by atoms with Crippen LogP contribution in [0.15, 0.2) is 67.5 Å². The first kappa shape index (κ1) is 19.5. The zero-order valence-corrected chi connectivity index (χ0v) is 17.2. The molecule has 1 aliphatic rings. The van der Waals surface area contributed by atoms with Crippen molar-refractivity contribution in [3.63, 3.8) is 0 Å². The molecule has 0 radical (unpaired) electrons. The van der Waals surface area contributed by atoms with E-state index < -0.39 is 0 Å². The molecule has 2 aromatic carbocycles. The van der Waals surface area contributed by atoms with Crippen LogP contribution in [0.5, 0.6) is 0 Å². The van der Waals surface area contributed by atoms with Crippen LogP contribution in [0.25, 0.3) is 27.7 Å². The lowest BCUT2D eigenvalue weighted by molar-refractivity contribution is 0.331. The highest BCUT2D eigenvalue weighted by molar-refractivity contribution is 5.95. The lowest BCUT2D eigenvalue weighted by Gasteiger charge is -2.15. The Kier molecular flexibility index (Phi) is 5.22. The number of aromatic amines is 1. The Balaban J connectivity index is 1.35. The zero-order valence-electron chi connectivity index (χ0n) is 17.2. The van der Waals surface area contributed by atoms with Crippen LogP contribution in [0, 0.1) is 5.82 Å². The first-order valence-corrected chi connectivity index (χ1v) is 10.5. The van der Waals surface area contributed by atoms with Gasteiger partial charge in [-0.15, -0.1) is 0 Å². The summed E-state index contributed by atoms with van der Waals surface area (Å²) in [5.74, 6) is -0.357. The number of hydrogen-bond acceptors (Lipinski definition) is 4. The molecule has 5 rings (SSSR count). The van der Waals surface area contributed by atoms with Crippen LogP contribution in [0.3, 0.4) is 0 Å². The van der Waals surface area contributed by atoms with E-state index in [1.54, 1.807) is 6.20 Å². The fourth-order valence-corrected chi connectivity index (χ4v) is 4.12. The maximum atomic E-state index is 13.6. The molecule has 1 aliphatic heterocycles. The van der Waals surface area contributed by atoms with Crippen LogP contribution < -0.4 is 5.32 Å². The third-order valence-electron chi connectivity index (χ3n) is 5.74. The highest BCUT2D eigenvalue weighted by Gasteiger charge is 2.13. The van der Waals surface area contributed by atoms with Gasteiger partial charge in [0.05, 0.1) is 17.4 Å². The normalized spacial score (nSPS) is 14.2. The summed E-state index contributed by atoms with van der Waals surface area (Å²) in [6.45, 7) is 7.58. The highest BCUT2D eigenvalue weighted by atomic mass is 19.1. The van der Waals surface area contributed by atoms with Crippen LogP contribution in [0.1, 0.15) is 24.1 Å². The van der Waals surface area contributed by atoms with Gasteiger partial charge in [-0.2, -0.15) is 5.10 Å². The van der Waals surface area contributed by atoms with E-state index in [2.05, 4.69) is 56.2 Å². The van der Waals surface area contributed by atoms with E-state index >= 15 is 0 Å². The molecular formula is C25H24FN5. The third-order valence-corrected chi connectivity index (χ3v) is 5.74. The topological polar surface area (TPSA) is 56.8 Å². The van der Waals surface area contributed by atoms with Gasteiger partial charge in [0.15, 0.2) is 0 Å². The predicted molar refractivity (Wildman–Crippen MR) is 123 cm³/mol. The maximum absolute atomic E-state index is 13.6. The molecule has 2 aromatic heterocycles. The molecule has 0 bridgehead atoms. The van der Waals surface area contributed by atoms with Crippen LogP contribution in [-0.4, -0.2) is 33.2 Å². The summed E-state index contributed by atoms with van der Waals surface area (Å²) in [4.78, 5) is 6.44. The molecule has 0 amide bonds. The molecular weight excluding hydrogens is 389 g/mol. The van der Waals surface area contributed by atoms with Crippen molar-refractivity contribution in [1.82, 2.24) is 20.1 Å². The number of halogens is 1. The van der Waals surface area contributed by atoms with E-state index in [1.165, 1.54) is 43.8 Å². The summed E-state index contributed by atoms with van der Waals surface area (Å²) in [6, 6.07) is 15.8. The van der Waals surface area contributed by atoms with Gasteiger partial charge in [-0.05, 0) is 67.4 Å². The van der Waals surface area contributed by atoms with Gasteiger partial charge in [-0.1, -0.05) is 24.8 Å². The van der Waals surface area contributed by atoms with Gasteiger partial charge in [0, 0.05) is 29.4 Å². The number of rotatable bonds is 6. The Hall–Kier alpha value is -3.51. The van der Waals surface area contributed by atoms with E-state index in [0.29, 0.717) is 5.70 Å². The number of anilines is 1.